The first-order valence-corrected chi connectivity index (χ1v) is 19.9. The Hall–Kier alpha value is -7.95. The molecule has 9 aromatic carbocycles. The summed E-state index contributed by atoms with van der Waals surface area (Å²) < 4.78 is 2.39. The average Bonchev–Trinajstić information content (AvgIpc) is 3.66. The molecule has 11 aromatic rings. The maximum atomic E-state index is 5.30. The lowest BCUT2D eigenvalue weighted by Gasteiger charge is -2.17. The second-order valence-corrected chi connectivity index (χ2v) is 14.8. The normalized spacial score (nSPS) is 11.4. The van der Waals surface area contributed by atoms with Crippen molar-refractivity contribution in [2.75, 3.05) is 0 Å². The molecule has 11 rings (SSSR count). The van der Waals surface area contributed by atoms with Gasteiger partial charge in [-0.2, -0.15) is 0 Å². The first-order chi connectivity index (χ1) is 29.3. The number of hydrogen-bond acceptors (Lipinski definition) is 3. The van der Waals surface area contributed by atoms with Crippen molar-refractivity contribution in [1.82, 2.24) is 19.5 Å². The van der Waals surface area contributed by atoms with Crippen LogP contribution in [0.15, 0.2) is 218 Å². The van der Waals surface area contributed by atoms with Gasteiger partial charge in [-0.05, 0) is 56.8 Å². The van der Waals surface area contributed by atoms with E-state index in [0.717, 1.165) is 61.2 Å². The van der Waals surface area contributed by atoms with Crippen molar-refractivity contribution >= 4 is 32.6 Å². The number of nitrogens with zero attached hydrogens (tertiary/aromatic N) is 4. The zero-order valence-corrected chi connectivity index (χ0v) is 32.1. The van der Waals surface area contributed by atoms with Gasteiger partial charge in [0.1, 0.15) is 0 Å². The van der Waals surface area contributed by atoms with E-state index < -0.39 is 0 Å². The minimum atomic E-state index is 0.604. The van der Waals surface area contributed by atoms with E-state index in [0.29, 0.717) is 17.5 Å². The molecular formula is C55H36N4. The Morgan fingerprint density at radius 2 is 0.729 bits per heavy atom. The van der Waals surface area contributed by atoms with Crippen molar-refractivity contribution in [3.8, 4) is 73.2 Å². The third-order valence-electron chi connectivity index (χ3n) is 11.3. The zero-order chi connectivity index (χ0) is 39.1. The zero-order valence-electron chi connectivity index (χ0n) is 32.1. The van der Waals surface area contributed by atoms with Gasteiger partial charge in [0, 0.05) is 33.0 Å². The van der Waals surface area contributed by atoms with Crippen LogP contribution >= 0.6 is 0 Å². The molecule has 0 amide bonds. The van der Waals surface area contributed by atoms with E-state index in [2.05, 4.69) is 217 Å². The predicted molar refractivity (Wildman–Crippen MR) is 244 cm³/mol. The molecule has 0 atom stereocenters. The van der Waals surface area contributed by atoms with Gasteiger partial charge in [0.2, 0.25) is 0 Å². The number of fused-ring (bicyclic) bond motifs is 4. The highest BCUT2D eigenvalue weighted by atomic mass is 15.0. The monoisotopic (exact) mass is 752 g/mol. The number of para-hydroxylation sites is 2. The molecule has 276 valence electrons. The van der Waals surface area contributed by atoms with Gasteiger partial charge in [-0.25, -0.2) is 15.0 Å². The lowest BCUT2D eigenvalue weighted by atomic mass is 9.97. The maximum absolute atomic E-state index is 5.30. The van der Waals surface area contributed by atoms with Gasteiger partial charge in [0.05, 0.1) is 16.7 Å². The van der Waals surface area contributed by atoms with Crippen molar-refractivity contribution in [3.63, 3.8) is 0 Å². The van der Waals surface area contributed by atoms with Gasteiger partial charge in [0.15, 0.2) is 17.5 Å². The summed E-state index contributed by atoms with van der Waals surface area (Å²) in [6.45, 7) is 0. The van der Waals surface area contributed by atoms with Gasteiger partial charge < -0.3 is 4.57 Å². The molecule has 0 N–H and O–H groups in total. The van der Waals surface area contributed by atoms with E-state index in [9.17, 15) is 0 Å². The summed E-state index contributed by atoms with van der Waals surface area (Å²) in [5, 5.41) is 4.86. The van der Waals surface area contributed by atoms with Gasteiger partial charge in [-0.15, -0.1) is 0 Å². The maximum Gasteiger partial charge on any atom is 0.164 e. The number of benzene rings is 9. The van der Waals surface area contributed by atoms with Crippen LogP contribution in [-0.4, -0.2) is 19.5 Å². The molecule has 0 aliphatic carbocycles. The van der Waals surface area contributed by atoms with Crippen molar-refractivity contribution in [3.05, 3.63) is 218 Å². The molecule has 0 aliphatic heterocycles. The first-order valence-electron chi connectivity index (χ1n) is 19.9. The standard InChI is InChI=1S/C55H36N4/c1-3-16-37(17-4-1)45-23-9-10-26-49(45)55-57-53(41-32-30-40(31-33-41)44-27-15-21-38-20-7-8-22-43(38)44)56-54(58-55)42-34-35-46(39-18-5-2-6-19-39)52(36-42)59-50-28-13-11-24-47(50)48-25-12-14-29-51(48)59/h1-36H. The fourth-order valence-corrected chi connectivity index (χ4v) is 8.48. The highest BCUT2D eigenvalue weighted by Gasteiger charge is 2.20. The second kappa shape index (κ2) is 14.5. The highest BCUT2D eigenvalue weighted by molar-refractivity contribution is 6.10. The lowest BCUT2D eigenvalue weighted by Crippen LogP contribution is -2.03. The Kier molecular flexibility index (Phi) is 8.45. The van der Waals surface area contributed by atoms with Gasteiger partial charge >= 0.3 is 0 Å². The molecule has 0 spiro atoms. The third-order valence-corrected chi connectivity index (χ3v) is 11.3. The van der Waals surface area contributed by atoms with E-state index in [1.165, 1.54) is 27.1 Å². The average molecular weight is 753 g/mol. The van der Waals surface area contributed by atoms with Gasteiger partial charge in [-0.3, -0.25) is 0 Å². The lowest BCUT2D eigenvalue weighted by molar-refractivity contribution is 1.07. The van der Waals surface area contributed by atoms with Crippen LogP contribution in [-0.2, 0) is 0 Å². The summed E-state index contributed by atoms with van der Waals surface area (Å²) in [6.07, 6.45) is 0. The van der Waals surface area contributed by atoms with Gasteiger partial charge in [-0.1, -0.05) is 200 Å². The molecule has 0 saturated heterocycles. The number of rotatable bonds is 7. The summed E-state index contributed by atoms with van der Waals surface area (Å²) in [6, 6.07) is 76.9. The van der Waals surface area contributed by atoms with Crippen LogP contribution in [0.2, 0.25) is 0 Å². The fraction of sp³-hybridized carbons (Fsp3) is 0. The van der Waals surface area contributed by atoms with Crippen LogP contribution in [0.5, 0.6) is 0 Å². The minimum absolute atomic E-state index is 0.604. The summed E-state index contributed by atoms with van der Waals surface area (Å²) in [4.78, 5) is 15.8. The van der Waals surface area contributed by atoms with Crippen LogP contribution in [0, 0.1) is 0 Å². The summed E-state index contributed by atoms with van der Waals surface area (Å²) in [5.74, 6) is 1.84. The van der Waals surface area contributed by atoms with Crippen molar-refractivity contribution < 1.29 is 0 Å². The van der Waals surface area contributed by atoms with E-state index in [1.807, 2.05) is 6.07 Å². The van der Waals surface area contributed by atoms with Crippen LogP contribution < -0.4 is 0 Å². The smallest absolute Gasteiger partial charge is 0.164 e. The Bertz CT molecular complexity index is 3250. The summed E-state index contributed by atoms with van der Waals surface area (Å²) in [5.41, 5.74) is 12.9. The Balaban J connectivity index is 1.13. The van der Waals surface area contributed by atoms with Crippen molar-refractivity contribution in [2.24, 2.45) is 0 Å². The van der Waals surface area contributed by atoms with Crippen LogP contribution in [0.3, 0.4) is 0 Å². The quantitative estimate of drug-likeness (QED) is 0.163. The first kappa shape index (κ1) is 34.3. The summed E-state index contributed by atoms with van der Waals surface area (Å²) in [7, 11) is 0. The molecule has 4 nitrogen and oxygen atoms in total. The van der Waals surface area contributed by atoms with Crippen molar-refractivity contribution in [2.45, 2.75) is 0 Å². The predicted octanol–water partition coefficient (Wildman–Crippen LogP) is 14.1. The van der Waals surface area contributed by atoms with Crippen LogP contribution in [0.25, 0.3) is 106 Å². The highest BCUT2D eigenvalue weighted by Crippen LogP contribution is 2.39. The van der Waals surface area contributed by atoms with E-state index in [4.69, 9.17) is 15.0 Å². The van der Waals surface area contributed by atoms with Crippen LogP contribution in [0.1, 0.15) is 0 Å². The number of aromatic nitrogens is 4. The van der Waals surface area contributed by atoms with E-state index >= 15 is 0 Å². The Labute approximate surface area is 342 Å². The molecule has 0 fully saturated rings. The third kappa shape index (κ3) is 6.15. The molecule has 2 aromatic heterocycles. The van der Waals surface area contributed by atoms with E-state index in [1.54, 1.807) is 0 Å². The molecule has 0 aliphatic rings. The molecular weight excluding hydrogens is 717 g/mol. The molecule has 0 radical (unpaired) electrons. The Morgan fingerprint density at radius 1 is 0.271 bits per heavy atom. The minimum Gasteiger partial charge on any atom is -0.309 e. The molecule has 0 bridgehead atoms. The SMILES string of the molecule is c1ccc(-c2ccccc2-c2nc(-c3ccc(-c4cccc5ccccc45)cc3)nc(-c3ccc(-c4ccccc4)c(-n4c5ccccc5c5ccccc54)c3)n2)cc1. The topological polar surface area (TPSA) is 43.6 Å². The molecule has 59 heavy (non-hydrogen) atoms. The molecule has 4 heteroatoms. The molecule has 0 unspecified atom stereocenters. The number of hydrogen-bond donors (Lipinski definition) is 0. The Morgan fingerprint density at radius 3 is 1.42 bits per heavy atom. The van der Waals surface area contributed by atoms with E-state index in [-0.39, 0.29) is 0 Å². The molecule has 0 saturated carbocycles. The summed E-state index contributed by atoms with van der Waals surface area (Å²) >= 11 is 0. The fourth-order valence-electron chi connectivity index (χ4n) is 8.48. The largest absolute Gasteiger partial charge is 0.309 e. The molecule has 2 heterocycles. The van der Waals surface area contributed by atoms with Crippen molar-refractivity contribution in [1.29, 1.82) is 0 Å². The second-order valence-electron chi connectivity index (χ2n) is 14.8. The van der Waals surface area contributed by atoms with Crippen LogP contribution in [0.4, 0.5) is 0 Å². The van der Waals surface area contributed by atoms with Gasteiger partial charge in [0.25, 0.3) is 0 Å².